The van der Waals surface area contributed by atoms with Gasteiger partial charge in [-0.25, -0.2) is 0 Å². The molecular formula is C32H56SSeSn. The molecule has 0 N–H and O–H groups in total. The van der Waals surface area contributed by atoms with Gasteiger partial charge in [0.05, 0.1) is 0 Å². The van der Waals surface area contributed by atoms with Crippen LogP contribution in [0.25, 0.3) is 10.1 Å². The van der Waals surface area contributed by atoms with E-state index in [4.69, 9.17) is 0 Å². The van der Waals surface area contributed by atoms with E-state index >= 15 is 0 Å². The predicted molar refractivity (Wildman–Crippen MR) is 168 cm³/mol. The summed E-state index contributed by atoms with van der Waals surface area (Å²) in [5.74, 6) is 0.960. The Morgan fingerprint density at radius 3 is 1.91 bits per heavy atom. The third-order valence-corrected chi connectivity index (χ3v) is 27.7. The Kier molecular flexibility index (Phi) is 16.9. The van der Waals surface area contributed by atoms with E-state index in [1.807, 2.05) is 14.9 Å². The van der Waals surface area contributed by atoms with Crippen molar-refractivity contribution in [3.63, 3.8) is 0 Å². The molecule has 3 heteroatoms. The van der Waals surface area contributed by atoms with Crippen LogP contribution in [0.3, 0.4) is 0 Å². The van der Waals surface area contributed by atoms with E-state index in [0.717, 1.165) is 5.92 Å². The van der Waals surface area contributed by atoms with Crippen LogP contribution in [0.4, 0.5) is 0 Å². The van der Waals surface area contributed by atoms with Crippen LogP contribution in [0.2, 0.25) is 18.6 Å². The van der Waals surface area contributed by atoms with Crippen LogP contribution in [-0.4, -0.2) is 33.3 Å². The van der Waals surface area contributed by atoms with Gasteiger partial charge in [0.15, 0.2) is 0 Å². The van der Waals surface area contributed by atoms with E-state index in [9.17, 15) is 0 Å². The molecule has 1 heterocycles. The van der Waals surface area contributed by atoms with E-state index in [2.05, 4.69) is 58.2 Å². The number of fused-ring (bicyclic) bond motifs is 1. The minimum absolute atomic E-state index is 0.633. The Balaban J connectivity index is 2.24. The molecule has 1 aromatic heterocycles. The summed E-state index contributed by atoms with van der Waals surface area (Å²) in [5.41, 5.74) is 0. The van der Waals surface area contributed by atoms with Crippen LogP contribution in [0, 0.1) is 5.92 Å². The molecule has 2 aromatic rings. The fourth-order valence-corrected chi connectivity index (χ4v) is 25.6. The van der Waals surface area contributed by atoms with Crippen LogP contribution in [0.5, 0.6) is 0 Å². The number of benzene rings is 1. The number of rotatable bonds is 21. The summed E-state index contributed by atoms with van der Waals surface area (Å²) in [7, 11) is 0. The van der Waals surface area contributed by atoms with Gasteiger partial charge in [-0.2, -0.15) is 0 Å². The summed E-state index contributed by atoms with van der Waals surface area (Å²) >= 11 is 0.298. The maximum absolute atomic E-state index is 2.77. The van der Waals surface area contributed by atoms with E-state index < -0.39 is 18.4 Å². The van der Waals surface area contributed by atoms with Gasteiger partial charge in [-0.15, -0.1) is 0 Å². The van der Waals surface area contributed by atoms with Gasteiger partial charge in [-0.1, -0.05) is 0 Å². The Morgan fingerprint density at radius 2 is 1.31 bits per heavy atom. The summed E-state index contributed by atoms with van der Waals surface area (Å²) in [4.78, 5) is 0. The molecule has 2 rings (SSSR count). The zero-order valence-electron chi connectivity index (χ0n) is 23.9. The molecule has 0 radical (unpaired) electrons. The van der Waals surface area contributed by atoms with Gasteiger partial charge >= 0.3 is 235 Å². The first-order valence-electron chi connectivity index (χ1n) is 15.3. The average Bonchev–Trinajstić information content (AvgIpc) is 3.29. The van der Waals surface area contributed by atoms with Crippen molar-refractivity contribution in [1.29, 1.82) is 0 Å². The van der Waals surface area contributed by atoms with Crippen molar-refractivity contribution >= 4 is 62.8 Å². The van der Waals surface area contributed by atoms with Gasteiger partial charge in [0.25, 0.3) is 0 Å². The fraction of sp³-hybridized carbons (Fsp3) is 0.750. The molecule has 0 fully saturated rings. The molecule has 1 aromatic carbocycles. The van der Waals surface area contributed by atoms with Crippen LogP contribution in [-0.2, 0) is 0 Å². The van der Waals surface area contributed by atoms with Gasteiger partial charge in [0.1, 0.15) is 0 Å². The molecule has 0 amide bonds. The molecule has 0 nitrogen and oxygen atoms in total. The summed E-state index contributed by atoms with van der Waals surface area (Å²) in [6.07, 6.45) is 19.8. The Bertz CT molecular complexity index is 776. The molecule has 35 heavy (non-hydrogen) atoms. The van der Waals surface area contributed by atoms with E-state index in [0.29, 0.717) is 15.0 Å². The summed E-state index contributed by atoms with van der Waals surface area (Å²) in [6, 6.07) is 7.91. The molecular weight excluding hydrogens is 614 g/mol. The number of hydrogen-bond donors (Lipinski definition) is 0. The molecule has 0 bridgehead atoms. The van der Waals surface area contributed by atoms with Crippen molar-refractivity contribution in [1.82, 2.24) is 0 Å². The normalized spacial score (nSPS) is 13.1. The van der Waals surface area contributed by atoms with Crippen LogP contribution in [0.1, 0.15) is 125 Å². The molecule has 1 atom stereocenters. The molecule has 0 saturated carbocycles. The van der Waals surface area contributed by atoms with Gasteiger partial charge in [0, 0.05) is 0 Å². The Labute approximate surface area is 233 Å². The predicted octanol–water partition coefficient (Wildman–Crippen LogP) is 10.5. The monoisotopic (exact) mass is 672 g/mol. The topological polar surface area (TPSA) is 0 Å². The average molecular weight is 671 g/mol. The SMILES string of the molecule is CCCCCCC(CCCC)C[Se]c1csc2cc[c]([Sn]([CH2]CCC)([CH2]CCC)[CH2]CCC)cc12. The van der Waals surface area contributed by atoms with Crippen LogP contribution in [0.15, 0.2) is 23.6 Å². The first-order chi connectivity index (χ1) is 17.1. The van der Waals surface area contributed by atoms with Crippen LogP contribution >= 0.6 is 11.3 Å². The van der Waals surface area contributed by atoms with Crippen molar-refractivity contribution in [2.45, 2.75) is 143 Å². The molecule has 0 aliphatic heterocycles. The quantitative estimate of drug-likeness (QED) is 0.0916. The third-order valence-electron chi connectivity index (χ3n) is 8.08. The van der Waals surface area contributed by atoms with Crippen molar-refractivity contribution in [3.8, 4) is 0 Å². The van der Waals surface area contributed by atoms with Crippen molar-refractivity contribution < 1.29 is 0 Å². The zero-order chi connectivity index (χ0) is 25.4. The van der Waals surface area contributed by atoms with E-state index in [-0.39, 0.29) is 0 Å². The number of hydrogen-bond acceptors (Lipinski definition) is 1. The maximum atomic E-state index is 2.77. The first-order valence-corrected chi connectivity index (χ1v) is 25.7. The number of thiophene rings is 1. The summed E-state index contributed by atoms with van der Waals surface area (Å²) in [5, 5.41) is 5.67. The van der Waals surface area contributed by atoms with Gasteiger partial charge < -0.3 is 0 Å². The first kappa shape index (κ1) is 31.7. The summed E-state index contributed by atoms with van der Waals surface area (Å²) < 4.78 is 9.91. The second-order valence-electron chi connectivity index (χ2n) is 11.1. The van der Waals surface area contributed by atoms with Crippen molar-refractivity contribution in [2.24, 2.45) is 5.92 Å². The minimum atomic E-state index is -2.36. The molecule has 0 saturated heterocycles. The molecule has 0 aliphatic rings. The second-order valence-corrected chi connectivity index (χ2v) is 27.4. The third kappa shape index (κ3) is 10.6. The Hall–Kier alpha value is 0.498. The van der Waals surface area contributed by atoms with Crippen molar-refractivity contribution in [3.05, 3.63) is 23.6 Å². The molecule has 0 aliphatic carbocycles. The summed E-state index contributed by atoms with van der Waals surface area (Å²) in [6.45, 7) is 11.9. The van der Waals surface area contributed by atoms with Gasteiger partial charge in [0.2, 0.25) is 0 Å². The van der Waals surface area contributed by atoms with E-state index in [1.54, 1.807) is 27.9 Å². The fourth-order valence-electron chi connectivity index (χ4n) is 5.67. The van der Waals surface area contributed by atoms with E-state index in [1.165, 1.54) is 95.2 Å². The van der Waals surface area contributed by atoms with Crippen LogP contribution < -0.4 is 8.04 Å². The van der Waals surface area contributed by atoms with Gasteiger partial charge in [-0.05, 0) is 0 Å². The standard InChI is InChI=1S/C20H29SSe.3C4H9.Sn/c1-3-5-7-8-12-17(11-6-4-2)16-22-20-15-21-19-14-10-9-13-18(19)20;3*1-3-4-2;/h10,13-15,17H,3-8,11-12,16H2,1-2H3;3*1,3-4H2,2H3;. The molecule has 200 valence electrons. The molecule has 1 unspecified atom stereocenters. The van der Waals surface area contributed by atoms with Gasteiger partial charge in [-0.3, -0.25) is 0 Å². The van der Waals surface area contributed by atoms with Crippen molar-refractivity contribution in [2.75, 3.05) is 0 Å². The number of unbranched alkanes of at least 4 members (excludes halogenated alkanes) is 7. The Morgan fingerprint density at radius 1 is 0.714 bits per heavy atom. The molecule has 0 spiro atoms. The zero-order valence-corrected chi connectivity index (χ0v) is 29.3. The second kappa shape index (κ2) is 18.7.